The number of rotatable bonds is 14. The highest BCUT2D eigenvalue weighted by atomic mass is 13.9. The van der Waals surface area contributed by atoms with Crippen molar-refractivity contribution in [2.24, 2.45) is 0 Å². The van der Waals surface area contributed by atoms with Crippen molar-refractivity contribution in [2.45, 2.75) is 90.9 Å². The maximum Gasteiger partial charge on any atom is -0.0166 e. The third-order valence-electron chi connectivity index (χ3n) is 3.52. The lowest BCUT2D eigenvalue weighted by Crippen LogP contribution is -1.77. The van der Waals surface area contributed by atoms with E-state index in [1.54, 1.807) is 0 Å². The smallest absolute Gasteiger partial charge is 0.0166 e. The van der Waals surface area contributed by atoms with Crippen LogP contribution >= 0.6 is 0 Å². The molecule has 0 saturated carbocycles. The fourth-order valence-corrected chi connectivity index (χ4v) is 2.18. The fraction of sp³-hybridized carbons (Fsp3) is 0.700. The van der Waals surface area contributed by atoms with Gasteiger partial charge in [0.1, 0.15) is 0 Å². The van der Waals surface area contributed by atoms with Crippen molar-refractivity contribution < 1.29 is 0 Å². The monoisotopic (exact) mass is 276 g/mol. The Kier molecular flexibility index (Phi) is 17.5. The molecular weight excluding hydrogens is 240 g/mol. The van der Waals surface area contributed by atoms with Crippen molar-refractivity contribution in [2.75, 3.05) is 0 Å². The highest BCUT2D eigenvalue weighted by Gasteiger charge is 1.87. The second-order valence-corrected chi connectivity index (χ2v) is 5.62. The minimum atomic E-state index is 1.08. The Hall–Kier alpha value is -0.780. The molecule has 0 bridgehead atoms. The maximum atomic E-state index is 2.32. The van der Waals surface area contributed by atoms with Gasteiger partial charge in [-0.05, 0) is 32.1 Å². The molecule has 0 heterocycles. The summed E-state index contributed by atoms with van der Waals surface area (Å²) in [7, 11) is 0. The highest BCUT2D eigenvalue weighted by Crippen LogP contribution is 2.07. The quantitative estimate of drug-likeness (QED) is 0.176. The van der Waals surface area contributed by atoms with Crippen LogP contribution in [0.15, 0.2) is 36.5 Å². The van der Waals surface area contributed by atoms with Gasteiger partial charge in [-0.1, -0.05) is 95.2 Å². The van der Waals surface area contributed by atoms with Gasteiger partial charge in [-0.25, -0.2) is 0 Å². The van der Waals surface area contributed by atoms with Crippen molar-refractivity contribution in [3.8, 4) is 0 Å². The van der Waals surface area contributed by atoms with Crippen LogP contribution in [0.5, 0.6) is 0 Å². The molecule has 0 aromatic heterocycles. The van der Waals surface area contributed by atoms with E-state index >= 15 is 0 Å². The zero-order chi connectivity index (χ0) is 14.7. The molecule has 0 radical (unpaired) electrons. The van der Waals surface area contributed by atoms with Crippen molar-refractivity contribution in [1.29, 1.82) is 0 Å². The minimum Gasteiger partial charge on any atom is -0.0882 e. The summed E-state index contributed by atoms with van der Waals surface area (Å²) in [5.41, 5.74) is 0. The van der Waals surface area contributed by atoms with Crippen LogP contribution in [0.2, 0.25) is 0 Å². The van der Waals surface area contributed by atoms with Crippen LogP contribution in [0.25, 0.3) is 0 Å². The van der Waals surface area contributed by atoms with E-state index in [4.69, 9.17) is 0 Å². The first-order valence-corrected chi connectivity index (χ1v) is 8.88. The van der Waals surface area contributed by atoms with Gasteiger partial charge in [-0.2, -0.15) is 0 Å². The van der Waals surface area contributed by atoms with Gasteiger partial charge in [-0.3, -0.25) is 0 Å². The van der Waals surface area contributed by atoms with E-state index in [1.165, 1.54) is 70.6 Å². The molecular formula is C20H36. The molecule has 0 aromatic rings. The molecule has 0 spiro atoms. The number of hydrogen-bond donors (Lipinski definition) is 0. The number of allylic oxidation sites excluding steroid dienone is 6. The molecule has 0 saturated heterocycles. The molecule has 0 amide bonds. The third kappa shape index (κ3) is 17.2. The average Bonchev–Trinajstić information content (AvgIpc) is 2.47. The van der Waals surface area contributed by atoms with Crippen LogP contribution in [0, 0.1) is 0 Å². The molecule has 0 heteroatoms. The van der Waals surface area contributed by atoms with Gasteiger partial charge in [0.15, 0.2) is 0 Å². The number of unbranched alkanes of at least 4 members (excludes halogenated alkanes) is 9. The Bertz CT molecular complexity index is 245. The lowest BCUT2D eigenvalue weighted by molar-refractivity contribution is 0.611. The predicted molar refractivity (Wildman–Crippen MR) is 94.2 cm³/mol. The molecule has 0 nitrogen and oxygen atoms in total. The first-order valence-electron chi connectivity index (χ1n) is 8.88. The Balaban J connectivity index is 3.26. The highest BCUT2D eigenvalue weighted by molar-refractivity contribution is 5.04. The summed E-state index contributed by atoms with van der Waals surface area (Å²) in [5.74, 6) is 0. The number of hydrogen-bond acceptors (Lipinski definition) is 0. The Morgan fingerprint density at radius 2 is 1.05 bits per heavy atom. The van der Waals surface area contributed by atoms with Crippen LogP contribution in [0.1, 0.15) is 90.9 Å². The van der Waals surface area contributed by atoms with E-state index < -0.39 is 0 Å². The molecule has 0 fully saturated rings. The van der Waals surface area contributed by atoms with Gasteiger partial charge in [0, 0.05) is 0 Å². The van der Waals surface area contributed by atoms with Crippen molar-refractivity contribution in [3.05, 3.63) is 36.5 Å². The second-order valence-electron chi connectivity index (χ2n) is 5.62. The normalized spacial score (nSPS) is 12.3. The third-order valence-corrected chi connectivity index (χ3v) is 3.52. The lowest BCUT2D eigenvalue weighted by Gasteiger charge is -1.97. The van der Waals surface area contributed by atoms with Crippen molar-refractivity contribution in [3.63, 3.8) is 0 Å². The Morgan fingerprint density at radius 1 is 0.500 bits per heavy atom. The Labute approximate surface area is 128 Å². The summed E-state index contributed by atoms with van der Waals surface area (Å²) < 4.78 is 0. The van der Waals surface area contributed by atoms with E-state index in [0.29, 0.717) is 0 Å². The minimum absolute atomic E-state index is 1.08. The van der Waals surface area contributed by atoms with Crippen LogP contribution in [0.4, 0.5) is 0 Å². The molecule has 0 aliphatic heterocycles. The van der Waals surface area contributed by atoms with Crippen LogP contribution < -0.4 is 0 Å². The predicted octanol–water partition coefficient (Wildman–Crippen LogP) is 7.38. The standard InChI is InChI=1S/C20H36/c1-3-5-7-9-11-13-15-17-19-20-18-16-14-12-10-8-6-4-2/h11,13,17-20H,3-10,12,14-16H2,1-2H3/b13-11-,19-17-,20-18+. The van der Waals surface area contributed by atoms with Crippen molar-refractivity contribution >= 4 is 0 Å². The maximum absolute atomic E-state index is 2.32. The molecule has 0 aromatic carbocycles. The second kappa shape index (κ2) is 18.2. The van der Waals surface area contributed by atoms with Crippen LogP contribution in [0.3, 0.4) is 0 Å². The zero-order valence-electron chi connectivity index (χ0n) is 13.9. The van der Waals surface area contributed by atoms with E-state index in [9.17, 15) is 0 Å². The lowest BCUT2D eigenvalue weighted by atomic mass is 10.1. The summed E-state index contributed by atoms with van der Waals surface area (Å²) >= 11 is 0. The van der Waals surface area contributed by atoms with Crippen LogP contribution in [-0.2, 0) is 0 Å². The largest absolute Gasteiger partial charge is 0.0882 e. The van der Waals surface area contributed by atoms with Crippen LogP contribution in [-0.4, -0.2) is 0 Å². The van der Waals surface area contributed by atoms with E-state index in [2.05, 4.69) is 50.3 Å². The molecule has 0 rings (SSSR count). The first-order chi connectivity index (χ1) is 9.91. The summed E-state index contributed by atoms with van der Waals surface area (Å²) in [6.07, 6.45) is 29.5. The Morgan fingerprint density at radius 3 is 1.85 bits per heavy atom. The summed E-state index contributed by atoms with van der Waals surface area (Å²) in [6.45, 7) is 4.53. The summed E-state index contributed by atoms with van der Waals surface area (Å²) in [5, 5.41) is 0. The van der Waals surface area contributed by atoms with Gasteiger partial charge in [0.25, 0.3) is 0 Å². The zero-order valence-corrected chi connectivity index (χ0v) is 13.9. The van der Waals surface area contributed by atoms with E-state index in [0.717, 1.165) is 6.42 Å². The van der Waals surface area contributed by atoms with Gasteiger partial charge in [0.05, 0.1) is 0 Å². The fourth-order valence-electron chi connectivity index (χ4n) is 2.18. The first kappa shape index (κ1) is 19.2. The molecule has 0 aliphatic carbocycles. The van der Waals surface area contributed by atoms with Gasteiger partial charge in [-0.15, -0.1) is 0 Å². The molecule has 116 valence electrons. The summed E-state index contributed by atoms with van der Waals surface area (Å²) in [6, 6.07) is 0. The summed E-state index contributed by atoms with van der Waals surface area (Å²) in [4.78, 5) is 0. The molecule has 20 heavy (non-hydrogen) atoms. The van der Waals surface area contributed by atoms with E-state index in [1.807, 2.05) is 0 Å². The molecule has 0 unspecified atom stereocenters. The molecule has 0 N–H and O–H groups in total. The molecule has 0 aliphatic rings. The molecule has 0 atom stereocenters. The topological polar surface area (TPSA) is 0 Å². The van der Waals surface area contributed by atoms with Gasteiger partial charge in [0.2, 0.25) is 0 Å². The van der Waals surface area contributed by atoms with E-state index in [-0.39, 0.29) is 0 Å². The van der Waals surface area contributed by atoms with Gasteiger partial charge >= 0.3 is 0 Å². The SMILES string of the molecule is CCCCC/C=C\C/C=C\C=C\CCCCCCCC. The average molecular weight is 277 g/mol. The van der Waals surface area contributed by atoms with Gasteiger partial charge < -0.3 is 0 Å². The van der Waals surface area contributed by atoms with Crippen molar-refractivity contribution in [1.82, 2.24) is 0 Å².